The van der Waals surface area contributed by atoms with Crippen LogP contribution < -0.4 is 14.8 Å². The van der Waals surface area contributed by atoms with Crippen LogP contribution in [0.5, 0.6) is 11.5 Å². The molecule has 1 N–H and O–H groups in total. The van der Waals surface area contributed by atoms with Crippen molar-refractivity contribution in [2.24, 2.45) is 0 Å². The van der Waals surface area contributed by atoms with Gasteiger partial charge in [-0.2, -0.15) is 0 Å². The molecule has 2 aromatic carbocycles. The van der Waals surface area contributed by atoms with Crippen LogP contribution in [0.1, 0.15) is 19.4 Å². The normalized spacial score (nSPS) is 11.6. The molecule has 128 valence electrons. The lowest BCUT2D eigenvalue weighted by atomic mass is 10.2. The SMILES string of the molecule is CCOc1ccccc1CSC(C)C(=O)Nc1ccccc1OC. The molecule has 0 aliphatic carbocycles. The maximum absolute atomic E-state index is 12.4. The molecule has 0 bridgehead atoms. The monoisotopic (exact) mass is 345 g/mol. The number of hydrogen-bond donors (Lipinski definition) is 1. The molecule has 2 aromatic rings. The van der Waals surface area contributed by atoms with Crippen molar-refractivity contribution in [1.29, 1.82) is 0 Å². The molecule has 0 aliphatic rings. The number of para-hydroxylation sites is 3. The summed E-state index contributed by atoms with van der Waals surface area (Å²) in [4.78, 5) is 12.4. The minimum atomic E-state index is -0.190. The van der Waals surface area contributed by atoms with Gasteiger partial charge in [-0.1, -0.05) is 30.3 Å². The summed E-state index contributed by atoms with van der Waals surface area (Å²) in [5.74, 6) is 2.21. The van der Waals surface area contributed by atoms with Crippen molar-refractivity contribution in [3.8, 4) is 11.5 Å². The Kier molecular flexibility index (Phi) is 7.00. The predicted molar refractivity (Wildman–Crippen MR) is 100.0 cm³/mol. The van der Waals surface area contributed by atoms with Gasteiger partial charge in [0, 0.05) is 11.3 Å². The number of anilines is 1. The zero-order valence-corrected chi connectivity index (χ0v) is 15.1. The van der Waals surface area contributed by atoms with Gasteiger partial charge in [0.2, 0.25) is 5.91 Å². The first-order chi connectivity index (χ1) is 11.7. The Labute approximate surface area is 147 Å². The summed E-state index contributed by atoms with van der Waals surface area (Å²) in [6.07, 6.45) is 0. The third kappa shape index (κ3) is 4.93. The lowest BCUT2D eigenvalue weighted by Gasteiger charge is -2.15. The quantitative estimate of drug-likeness (QED) is 0.772. The first-order valence-corrected chi connectivity index (χ1v) is 8.96. The fraction of sp³-hybridized carbons (Fsp3) is 0.316. The highest BCUT2D eigenvalue weighted by Gasteiger charge is 2.16. The van der Waals surface area contributed by atoms with E-state index in [0.717, 1.165) is 17.1 Å². The molecule has 0 heterocycles. The minimum Gasteiger partial charge on any atom is -0.495 e. The minimum absolute atomic E-state index is 0.0432. The fourth-order valence-electron chi connectivity index (χ4n) is 2.19. The van der Waals surface area contributed by atoms with Crippen LogP contribution in [0.15, 0.2) is 48.5 Å². The molecule has 0 fully saturated rings. The van der Waals surface area contributed by atoms with Crippen molar-refractivity contribution < 1.29 is 14.3 Å². The molecule has 1 atom stereocenters. The van der Waals surface area contributed by atoms with Crippen molar-refractivity contribution in [1.82, 2.24) is 0 Å². The second kappa shape index (κ2) is 9.23. The van der Waals surface area contributed by atoms with Crippen LogP contribution >= 0.6 is 11.8 Å². The van der Waals surface area contributed by atoms with E-state index in [1.165, 1.54) is 0 Å². The van der Waals surface area contributed by atoms with E-state index >= 15 is 0 Å². The predicted octanol–water partition coefficient (Wildman–Crippen LogP) is 4.35. The third-order valence-electron chi connectivity index (χ3n) is 3.50. The molecule has 24 heavy (non-hydrogen) atoms. The summed E-state index contributed by atoms with van der Waals surface area (Å²) >= 11 is 1.58. The van der Waals surface area contributed by atoms with Crippen LogP contribution in [-0.2, 0) is 10.5 Å². The summed E-state index contributed by atoms with van der Waals surface area (Å²) in [5.41, 5.74) is 1.79. The van der Waals surface area contributed by atoms with Crippen molar-refractivity contribution in [3.05, 3.63) is 54.1 Å². The maximum Gasteiger partial charge on any atom is 0.237 e. The lowest BCUT2D eigenvalue weighted by molar-refractivity contribution is -0.115. The van der Waals surface area contributed by atoms with Crippen molar-refractivity contribution in [2.45, 2.75) is 24.9 Å². The smallest absolute Gasteiger partial charge is 0.237 e. The average molecular weight is 345 g/mol. The third-order valence-corrected chi connectivity index (χ3v) is 4.69. The molecule has 1 unspecified atom stereocenters. The number of benzene rings is 2. The van der Waals surface area contributed by atoms with E-state index < -0.39 is 0 Å². The number of methoxy groups -OCH3 is 1. The number of carbonyl (C=O) groups excluding carboxylic acids is 1. The number of amides is 1. The van der Waals surface area contributed by atoms with Gasteiger partial charge in [-0.15, -0.1) is 11.8 Å². The zero-order chi connectivity index (χ0) is 17.4. The zero-order valence-electron chi connectivity index (χ0n) is 14.2. The number of ether oxygens (including phenoxy) is 2. The van der Waals surface area contributed by atoms with Gasteiger partial charge >= 0.3 is 0 Å². The van der Waals surface area contributed by atoms with Crippen molar-refractivity contribution in [2.75, 3.05) is 19.0 Å². The molecule has 2 rings (SSSR count). The summed E-state index contributed by atoms with van der Waals surface area (Å²) in [5, 5.41) is 2.73. The summed E-state index contributed by atoms with van der Waals surface area (Å²) in [6, 6.07) is 15.3. The van der Waals surface area contributed by atoms with Gasteiger partial charge in [0.15, 0.2) is 0 Å². The average Bonchev–Trinajstić information content (AvgIpc) is 2.61. The van der Waals surface area contributed by atoms with Gasteiger partial charge in [0.25, 0.3) is 0 Å². The van der Waals surface area contributed by atoms with E-state index in [1.54, 1.807) is 18.9 Å². The summed E-state index contributed by atoms with van der Waals surface area (Å²) in [7, 11) is 1.59. The Morgan fingerprint density at radius 1 is 1.12 bits per heavy atom. The van der Waals surface area contributed by atoms with Gasteiger partial charge in [0.1, 0.15) is 11.5 Å². The molecule has 1 amide bonds. The van der Waals surface area contributed by atoms with Crippen LogP contribution in [0, 0.1) is 0 Å². The van der Waals surface area contributed by atoms with Crippen LogP contribution in [0.2, 0.25) is 0 Å². The Hall–Kier alpha value is -2.14. The maximum atomic E-state index is 12.4. The molecule has 0 radical (unpaired) electrons. The number of carbonyl (C=O) groups is 1. The van der Waals surface area contributed by atoms with E-state index in [4.69, 9.17) is 9.47 Å². The molecular weight excluding hydrogens is 322 g/mol. The van der Waals surface area contributed by atoms with Gasteiger partial charge in [-0.05, 0) is 32.0 Å². The lowest BCUT2D eigenvalue weighted by Crippen LogP contribution is -2.22. The van der Waals surface area contributed by atoms with Gasteiger partial charge in [-0.3, -0.25) is 4.79 Å². The molecule has 4 nitrogen and oxygen atoms in total. The fourth-order valence-corrected chi connectivity index (χ4v) is 3.07. The highest BCUT2D eigenvalue weighted by atomic mass is 32.2. The van der Waals surface area contributed by atoms with Crippen LogP contribution in [0.3, 0.4) is 0 Å². The summed E-state index contributed by atoms with van der Waals surface area (Å²) < 4.78 is 10.9. The second-order valence-electron chi connectivity index (χ2n) is 5.18. The Balaban J connectivity index is 1.95. The summed E-state index contributed by atoms with van der Waals surface area (Å²) in [6.45, 7) is 4.50. The topological polar surface area (TPSA) is 47.6 Å². The number of hydrogen-bond acceptors (Lipinski definition) is 4. The highest BCUT2D eigenvalue weighted by Crippen LogP contribution is 2.27. The van der Waals surface area contributed by atoms with Crippen LogP contribution in [-0.4, -0.2) is 24.9 Å². The molecule has 0 saturated carbocycles. The molecule has 0 aliphatic heterocycles. The number of rotatable bonds is 8. The van der Waals surface area contributed by atoms with Gasteiger partial charge in [-0.25, -0.2) is 0 Å². The molecule has 0 saturated heterocycles. The molecule has 5 heteroatoms. The Bertz CT molecular complexity index is 675. The van der Waals surface area contributed by atoms with E-state index in [2.05, 4.69) is 5.32 Å². The van der Waals surface area contributed by atoms with Crippen molar-refractivity contribution >= 4 is 23.4 Å². The van der Waals surface area contributed by atoms with E-state index in [9.17, 15) is 4.79 Å². The Morgan fingerprint density at radius 3 is 2.50 bits per heavy atom. The molecule has 0 spiro atoms. The first-order valence-electron chi connectivity index (χ1n) is 7.92. The van der Waals surface area contributed by atoms with Crippen LogP contribution in [0.25, 0.3) is 0 Å². The molecular formula is C19H23NO3S. The van der Waals surface area contributed by atoms with Crippen LogP contribution in [0.4, 0.5) is 5.69 Å². The first kappa shape index (κ1) is 18.2. The number of nitrogens with one attached hydrogen (secondary N) is 1. The highest BCUT2D eigenvalue weighted by molar-refractivity contribution is 7.99. The Morgan fingerprint density at radius 2 is 1.79 bits per heavy atom. The second-order valence-corrected chi connectivity index (χ2v) is 6.51. The van der Waals surface area contributed by atoms with E-state index in [-0.39, 0.29) is 11.2 Å². The van der Waals surface area contributed by atoms with Gasteiger partial charge < -0.3 is 14.8 Å². The molecule has 0 aromatic heterocycles. The van der Waals surface area contributed by atoms with Crippen molar-refractivity contribution in [3.63, 3.8) is 0 Å². The standard InChI is InChI=1S/C19H23NO3S/c1-4-23-17-11-7-5-9-15(17)13-24-14(2)19(21)20-16-10-6-8-12-18(16)22-3/h5-12,14H,4,13H2,1-3H3,(H,20,21). The van der Waals surface area contributed by atoms with Gasteiger partial charge in [0.05, 0.1) is 24.7 Å². The van der Waals surface area contributed by atoms with E-state index in [1.807, 2.05) is 62.4 Å². The number of thioether (sulfide) groups is 1. The van der Waals surface area contributed by atoms with E-state index in [0.29, 0.717) is 18.0 Å². The largest absolute Gasteiger partial charge is 0.495 e.